The highest BCUT2D eigenvalue weighted by atomic mass is 31.2. The van der Waals surface area contributed by atoms with Gasteiger partial charge in [-0.2, -0.15) is 28.7 Å². The van der Waals surface area contributed by atoms with Crippen molar-refractivity contribution in [2.75, 3.05) is 42.3 Å². The van der Waals surface area contributed by atoms with Crippen LogP contribution >= 0.6 is 15.2 Å². The van der Waals surface area contributed by atoms with Crippen molar-refractivity contribution in [1.29, 1.82) is 0 Å². The van der Waals surface area contributed by atoms with Gasteiger partial charge in [0.15, 0.2) is 0 Å². The lowest BCUT2D eigenvalue weighted by Crippen LogP contribution is -2.64. The average Bonchev–Trinajstić information content (AvgIpc) is 2.27. The average molecular weight is 268 g/mol. The van der Waals surface area contributed by atoms with Gasteiger partial charge < -0.3 is 0 Å². The van der Waals surface area contributed by atoms with E-state index in [0.717, 1.165) is 0 Å². The molecule has 10 heteroatoms. The normalized spacial score (nSPS) is 45.6. The van der Waals surface area contributed by atoms with Crippen LogP contribution in [0.15, 0.2) is 0 Å². The minimum atomic E-state index is -2.91. The summed E-state index contributed by atoms with van der Waals surface area (Å²) in [4.78, 5) is 0. The Morgan fingerprint density at radius 2 is 0.625 bits per heavy atom. The van der Waals surface area contributed by atoms with Crippen LogP contribution in [-0.4, -0.2) is 71.0 Å². The van der Waals surface area contributed by atoms with Crippen LogP contribution in [0.25, 0.3) is 0 Å². The molecule has 3 fully saturated rings. The van der Waals surface area contributed by atoms with Crippen LogP contribution in [0, 0.1) is 0 Å². The van der Waals surface area contributed by atoms with Crippen molar-refractivity contribution in [1.82, 2.24) is 28.7 Å². The highest BCUT2D eigenvalue weighted by Gasteiger charge is 2.64. The first-order valence-electron chi connectivity index (χ1n) is 4.85. The molecule has 0 saturated carbocycles. The van der Waals surface area contributed by atoms with E-state index >= 15 is 0 Å². The van der Waals surface area contributed by atoms with Crippen LogP contribution in [0.3, 0.4) is 0 Å². The van der Waals surface area contributed by atoms with E-state index in [-0.39, 0.29) is 0 Å². The minimum absolute atomic E-state index is 1.56. The molecular weight excluding hydrogens is 250 g/mol. The molecule has 3 aliphatic rings. The maximum Gasteiger partial charge on any atom is 0.327 e. The number of hydrogen-bond donors (Lipinski definition) is 0. The second kappa shape index (κ2) is 3.37. The van der Waals surface area contributed by atoms with Crippen molar-refractivity contribution in [2.24, 2.45) is 0 Å². The van der Waals surface area contributed by atoms with Gasteiger partial charge in [0.05, 0.1) is 0 Å². The van der Waals surface area contributed by atoms with E-state index in [1.807, 2.05) is 0 Å². The molecule has 2 bridgehead atoms. The maximum atomic E-state index is 12.9. The fraction of sp³-hybridized carbons (Fsp3) is 1.00. The number of rotatable bonds is 0. The SMILES string of the molecule is CN1N(C)P2(=O)N(C)N(C)P1(=O)N(C)N2C. The van der Waals surface area contributed by atoms with Gasteiger partial charge in [0.1, 0.15) is 0 Å². The third kappa shape index (κ3) is 1.07. The second-order valence-electron chi connectivity index (χ2n) is 3.96. The van der Waals surface area contributed by atoms with E-state index in [2.05, 4.69) is 0 Å². The molecule has 0 radical (unpaired) electrons. The topological polar surface area (TPSA) is 53.6 Å². The molecule has 3 heterocycles. The Balaban J connectivity index is 2.67. The summed E-state index contributed by atoms with van der Waals surface area (Å²) >= 11 is 0. The summed E-state index contributed by atoms with van der Waals surface area (Å²) in [5.41, 5.74) is 0. The van der Waals surface area contributed by atoms with Crippen LogP contribution in [0.4, 0.5) is 0 Å². The standard InChI is InChI=1S/C6H18N6O2P2/c1-7-8(2)16(14)11(5)9(3)15(7,13)10(4)12(16)6/h1-6H3. The zero-order chi connectivity index (χ0) is 12.5. The van der Waals surface area contributed by atoms with E-state index in [1.165, 1.54) is 0 Å². The number of fused-ring (bicyclic) bond motifs is 3. The van der Waals surface area contributed by atoms with E-state index in [9.17, 15) is 9.13 Å². The first-order chi connectivity index (χ1) is 7.20. The zero-order valence-electron chi connectivity index (χ0n) is 10.4. The van der Waals surface area contributed by atoms with Gasteiger partial charge in [-0.05, 0) is 0 Å². The Hall–Kier alpha value is 0.220. The Morgan fingerprint density at radius 1 is 0.500 bits per heavy atom. The van der Waals surface area contributed by atoms with Gasteiger partial charge in [-0.15, -0.1) is 0 Å². The molecule has 0 N–H and O–H groups in total. The molecule has 8 nitrogen and oxygen atoms in total. The van der Waals surface area contributed by atoms with E-state index in [0.29, 0.717) is 0 Å². The Morgan fingerprint density at radius 3 is 0.750 bits per heavy atom. The molecule has 3 rings (SSSR count). The molecule has 3 saturated heterocycles. The lowest BCUT2D eigenvalue weighted by atomic mass is 11.3. The van der Waals surface area contributed by atoms with Gasteiger partial charge in [-0.25, -0.2) is 0 Å². The summed E-state index contributed by atoms with van der Waals surface area (Å²) in [6, 6.07) is 0. The van der Waals surface area contributed by atoms with Crippen LogP contribution in [0.2, 0.25) is 0 Å². The molecule has 16 heavy (non-hydrogen) atoms. The predicted molar refractivity (Wildman–Crippen MR) is 61.8 cm³/mol. The molecule has 0 aliphatic carbocycles. The van der Waals surface area contributed by atoms with Gasteiger partial charge in [-0.3, -0.25) is 9.13 Å². The van der Waals surface area contributed by atoms with Crippen LogP contribution in [0.5, 0.6) is 0 Å². The van der Waals surface area contributed by atoms with E-state index in [4.69, 9.17) is 0 Å². The molecule has 0 atom stereocenters. The smallest absolute Gasteiger partial charge is 0.266 e. The summed E-state index contributed by atoms with van der Waals surface area (Å²) in [6.45, 7) is 0. The van der Waals surface area contributed by atoms with Gasteiger partial charge >= 0.3 is 15.2 Å². The van der Waals surface area contributed by atoms with Gasteiger partial charge in [0.2, 0.25) is 0 Å². The maximum absolute atomic E-state index is 12.9. The first-order valence-corrected chi connectivity index (χ1v) is 7.98. The number of nitrogens with zero attached hydrogens (tertiary/aromatic N) is 6. The molecule has 3 aliphatic heterocycles. The molecule has 94 valence electrons. The third-order valence-electron chi connectivity index (χ3n) is 3.52. The van der Waals surface area contributed by atoms with E-state index < -0.39 is 15.2 Å². The summed E-state index contributed by atoms with van der Waals surface area (Å²) in [6.07, 6.45) is 0. The van der Waals surface area contributed by atoms with Crippen LogP contribution in [-0.2, 0) is 9.13 Å². The van der Waals surface area contributed by atoms with Crippen molar-refractivity contribution < 1.29 is 9.13 Å². The monoisotopic (exact) mass is 268 g/mol. The summed E-state index contributed by atoms with van der Waals surface area (Å²) < 4.78 is 35.3. The predicted octanol–water partition coefficient (Wildman–Crippen LogP) is 0.566. The largest absolute Gasteiger partial charge is 0.327 e. The molecule has 0 aromatic rings. The lowest BCUT2D eigenvalue weighted by Gasteiger charge is -2.63. The van der Waals surface area contributed by atoms with Crippen molar-refractivity contribution in [3.8, 4) is 0 Å². The molecule has 0 unspecified atom stereocenters. The lowest BCUT2D eigenvalue weighted by molar-refractivity contribution is -0.00557. The van der Waals surface area contributed by atoms with Gasteiger partial charge in [-0.1, -0.05) is 0 Å². The molecule has 0 amide bonds. The molecule has 0 aromatic carbocycles. The van der Waals surface area contributed by atoms with Gasteiger partial charge in [0.25, 0.3) is 0 Å². The molecular formula is C6H18N6O2P2. The first kappa shape index (κ1) is 12.7. The minimum Gasteiger partial charge on any atom is -0.266 e. The number of hydrogen-bond acceptors (Lipinski definition) is 2. The summed E-state index contributed by atoms with van der Waals surface area (Å²) in [5.74, 6) is 0. The molecule has 0 spiro atoms. The summed E-state index contributed by atoms with van der Waals surface area (Å²) in [7, 11) is 4.36. The Labute approximate surface area is 95.9 Å². The quantitative estimate of drug-likeness (QED) is 0.591. The Kier molecular flexibility index (Phi) is 2.67. The fourth-order valence-electron chi connectivity index (χ4n) is 2.14. The van der Waals surface area contributed by atoms with Gasteiger partial charge in [0, 0.05) is 42.3 Å². The third-order valence-corrected chi connectivity index (χ3v) is 10.1. The highest BCUT2D eigenvalue weighted by molar-refractivity contribution is 7.65. The van der Waals surface area contributed by atoms with E-state index in [1.54, 1.807) is 71.0 Å². The van der Waals surface area contributed by atoms with Crippen LogP contribution in [0.1, 0.15) is 0 Å². The van der Waals surface area contributed by atoms with Crippen molar-refractivity contribution in [3.63, 3.8) is 0 Å². The van der Waals surface area contributed by atoms with Crippen molar-refractivity contribution in [3.05, 3.63) is 0 Å². The summed E-state index contributed by atoms with van der Waals surface area (Å²) in [5, 5.41) is 0. The zero-order valence-corrected chi connectivity index (χ0v) is 12.2. The fourth-order valence-corrected chi connectivity index (χ4v) is 8.28. The number of hydrazine groups is 3. The highest BCUT2D eigenvalue weighted by Crippen LogP contribution is 2.77. The van der Waals surface area contributed by atoms with Crippen LogP contribution < -0.4 is 0 Å². The molecule has 0 aromatic heterocycles. The van der Waals surface area contributed by atoms with Crippen molar-refractivity contribution in [2.45, 2.75) is 0 Å². The Bertz CT molecular complexity index is 321. The van der Waals surface area contributed by atoms with Crippen molar-refractivity contribution >= 4 is 15.2 Å². The second-order valence-corrected chi connectivity index (χ2v) is 9.49.